The van der Waals surface area contributed by atoms with E-state index in [0.29, 0.717) is 37.2 Å². The van der Waals surface area contributed by atoms with Gasteiger partial charge in [-0.2, -0.15) is 0 Å². The predicted molar refractivity (Wildman–Crippen MR) is 153 cm³/mol. The molecule has 0 aliphatic carbocycles. The molecule has 0 aliphatic heterocycles. The summed E-state index contributed by atoms with van der Waals surface area (Å²) in [5, 5.41) is 0. The van der Waals surface area contributed by atoms with Crippen LogP contribution in [0.4, 0.5) is 0 Å². The van der Waals surface area contributed by atoms with E-state index in [9.17, 15) is 9.59 Å². The SMILES string of the molecule is C=C(C)C(=O)OCCc1ccc(-c2ccc(-c3ccc(-c4ccc(CCOC(=O)C(=C)C)s4)s3)s2)s1. The molecule has 0 unspecified atom stereocenters. The standard InChI is InChI=1S/C28H26O4S4/c1-17(2)27(29)31-15-13-19-5-7-21(33-19)23-9-11-25(35-23)26-12-10-24(36-26)22-8-6-20(34-22)14-16-32-28(30)18(3)4/h5-12H,1,3,13-16H2,2,4H3. The molecule has 4 aromatic rings. The minimum atomic E-state index is -0.340. The molecule has 0 spiro atoms. The summed E-state index contributed by atoms with van der Waals surface area (Å²) in [6, 6.07) is 17.2. The van der Waals surface area contributed by atoms with Crippen LogP contribution in [0, 0.1) is 0 Å². The highest BCUT2D eigenvalue weighted by Gasteiger charge is 2.12. The molecule has 4 rings (SSSR count). The maximum Gasteiger partial charge on any atom is 0.333 e. The molecule has 0 radical (unpaired) electrons. The van der Waals surface area contributed by atoms with E-state index >= 15 is 0 Å². The van der Waals surface area contributed by atoms with Gasteiger partial charge in [0.1, 0.15) is 0 Å². The van der Waals surface area contributed by atoms with Gasteiger partial charge in [0.05, 0.1) is 13.2 Å². The van der Waals surface area contributed by atoms with Gasteiger partial charge in [0, 0.05) is 63.0 Å². The third-order valence-electron chi connectivity index (χ3n) is 5.12. The van der Waals surface area contributed by atoms with Crippen LogP contribution in [-0.4, -0.2) is 25.2 Å². The minimum absolute atomic E-state index is 0.340. The second-order valence-corrected chi connectivity index (χ2v) is 12.7. The molecule has 0 saturated carbocycles. The molecule has 36 heavy (non-hydrogen) atoms. The summed E-state index contributed by atoms with van der Waals surface area (Å²) < 4.78 is 10.4. The van der Waals surface area contributed by atoms with Crippen molar-refractivity contribution in [1.29, 1.82) is 0 Å². The van der Waals surface area contributed by atoms with Crippen LogP contribution in [0.15, 0.2) is 72.8 Å². The zero-order valence-corrected chi connectivity index (χ0v) is 23.4. The van der Waals surface area contributed by atoms with E-state index in [1.165, 1.54) is 39.0 Å². The lowest BCUT2D eigenvalue weighted by Gasteiger charge is -2.02. The van der Waals surface area contributed by atoms with Gasteiger partial charge in [-0.1, -0.05) is 13.2 Å². The minimum Gasteiger partial charge on any atom is -0.462 e. The first-order valence-electron chi connectivity index (χ1n) is 11.3. The molecule has 0 amide bonds. The first kappa shape index (κ1) is 26.3. The van der Waals surface area contributed by atoms with E-state index < -0.39 is 0 Å². The summed E-state index contributed by atoms with van der Waals surface area (Å²) in [5.74, 6) is -0.680. The average molecular weight is 555 g/mol. The van der Waals surface area contributed by atoms with Gasteiger partial charge in [-0.15, -0.1) is 45.3 Å². The lowest BCUT2D eigenvalue weighted by Crippen LogP contribution is -2.07. The summed E-state index contributed by atoms with van der Waals surface area (Å²) in [5.41, 5.74) is 0.844. The van der Waals surface area contributed by atoms with Gasteiger partial charge in [0.25, 0.3) is 0 Å². The smallest absolute Gasteiger partial charge is 0.333 e. The largest absolute Gasteiger partial charge is 0.462 e. The highest BCUT2D eigenvalue weighted by molar-refractivity contribution is 7.28. The van der Waals surface area contributed by atoms with Crippen LogP contribution in [0.3, 0.4) is 0 Å². The molecule has 0 aliphatic rings. The molecular formula is C28H26O4S4. The Morgan fingerprint density at radius 1 is 0.583 bits per heavy atom. The summed E-state index contributed by atoms with van der Waals surface area (Å²) in [6.07, 6.45) is 1.41. The van der Waals surface area contributed by atoms with Crippen molar-refractivity contribution in [3.63, 3.8) is 0 Å². The Balaban J connectivity index is 1.35. The molecule has 0 saturated heterocycles. The van der Waals surface area contributed by atoms with Gasteiger partial charge >= 0.3 is 11.9 Å². The summed E-state index contributed by atoms with van der Waals surface area (Å²) in [4.78, 5) is 32.9. The topological polar surface area (TPSA) is 52.6 Å². The number of rotatable bonds is 11. The van der Waals surface area contributed by atoms with Gasteiger partial charge in [0.15, 0.2) is 0 Å². The molecule has 0 bridgehead atoms. The van der Waals surface area contributed by atoms with Crippen molar-refractivity contribution in [2.45, 2.75) is 26.7 Å². The lowest BCUT2D eigenvalue weighted by molar-refractivity contribution is -0.139. The Morgan fingerprint density at radius 2 is 0.889 bits per heavy atom. The Morgan fingerprint density at radius 3 is 1.22 bits per heavy atom. The van der Waals surface area contributed by atoms with Gasteiger partial charge in [-0.05, 0) is 62.4 Å². The maximum atomic E-state index is 11.5. The number of hydrogen-bond donors (Lipinski definition) is 0. The Kier molecular flexibility index (Phi) is 8.74. The van der Waals surface area contributed by atoms with E-state index in [1.807, 2.05) is 0 Å². The van der Waals surface area contributed by atoms with Crippen molar-refractivity contribution in [3.05, 3.63) is 82.6 Å². The van der Waals surface area contributed by atoms with Crippen LogP contribution < -0.4 is 0 Å². The van der Waals surface area contributed by atoms with Crippen LogP contribution >= 0.6 is 45.3 Å². The molecular weight excluding hydrogens is 529 g/mol. The molecule has 0 fully saturated rings. The van der Waals surface area contributed by atoms with E-state index in [0.717, 1.165) is 0 Å². The molecule has 4 aromatic heterocycles. The summed E-state index contributed by atoms with van der Waals surface area (Å²) in [7, 11) is 0. The Hall–Kier alpha value is -2.78. The second kappa shape index (κ2) is 12.0. The first-order valence-corrected chi connectivity index (χ1v) is 14.6. The van der Waals surface area contributed by atoms with Gasteiger partial charge in [0.2, 0.25) is 0 Å². The van der Waals surface area contributed by atoms with Crippen molar-refractivity contribution in [3.8, 4) is 29.3 Å². The zero-order chi connectivity index (χ0) is 25.7. The van der Waals surface area contributed by atoms with Crippen molar-refractivity contribution < 1.29 is 19.1 Å². The van der Waals surface area contributed by atoms with Crippen LogP contribution in [0.25, 0.3) is 29.3 Å². The van der Waals surface area contributed by atoms with Crippen molar-refractivity contribution in [1.82, 2.24) is 0 Å². The fourth-order valence-electron chi connectivity index (χ4n) is 3.23. The Bertz CT molecular complexity index is 1290. The second-order valence-electron chi connectivity index (χ2n) is 8.19. The molecule has 4 heterocycles. The third kappa shape index (κ3) is 6.70. The monoisotopic (exact) mass is 554 g/mol. The van der Waals surface area contributed by atoms with E-state index in [4.69, 9.17) is 9.47 Å². The number of carbonyl (C=O) groups excluding carboxylic acids is 2. The first-order chi connectivity index (χ1) is 17.3. The van der Waals surface area contributed by atoms with Crippen LogP contribution in [0.1, 0.15) is 23.6 Å². The van der Waals surface area contributed by atoms with Crippen LogP contribution in [-0.2, 0) is 31.9 Å². The van der Waals surface area contributed by atoms with Crippen molar-refractivity contribution in [2.75, 3.05) is 13.2 Å². The van der Waals surface area contributed by atoms with Gasteiger partial charge in [-0.3, -0.25) is 0 Å². The summed E-state index contributed by atoms with van der Waals surface area (Å²) >= 11 is 7.04. The van der Waals surface area contributed by atoms with Crippen LogP contribution in [0.5, 0.6) is 0 Å². The molecule has 0 aromatic carbocycles. The Labute approximate surface area is 227 Å². The highest BCUT2D eigenvalue weighted by atomic mass is 32.1. The molecule has 8 heteroatoms. The number of thiophene rings is 4. The number of ether oxygens (including phenoxy) is 2. The maximum absolute atomic E-state index is 11.5. The molecule has 0 N–H and O–H groups in total. The third-order valence-corrected chi connectivity index (χ3v) is 10.2. The highest BCUT2D eigenvalue weighted by Crippen LogP contribution is 2.43. The van der Waals surface area contributed by atoms with Crippen LogP contribution in [0.2, 0.25) is 0 Å². The molecule has 186 valence electrons. The fourth-order valence-corrected chi connectivity index (χ4v) is 7.49. The lowest BCUT2D eigenvalue weighted by atomic mass is 10.3. The van der Waals surface area contributed by atoms with Crippen molar-refractivity contribution in [2.24, 2.45) is 0 Å². The molecule has 4 nitrogen and oxygen atoms in total. The number of carbonyl (C=O) groups is 2. The van der Waals surface area contributed by atoms with Crippen molar-refractivity contribution >= 4 is 57.3 Å². The predicted octanol–water partition coefficient (Wildman–Crippen LogP) is 8.26. The van der Waals surface area contributed by atoms with E-state index in [1.54, 1.807) is 59.2 Å². The molecule has 0 atom stereocenters. The fraction of sp³-hybridized carbons (Fsp3) is 0.214. The van der Waals surface area contributed by atoms with Gasteiger partial charge in [-0.25, -0.2) is 9.59 Å². The van der Waals surface area contributed by atoms with E-state index in [-0.39, 0.29) is 11.9 Å². The number of esters is 2. The summed E-state index contributed by atoms with van der Waals surface area (Å²) in [6.45, 7) is 11.2. The normalized spacial score (nSPS) is 10.8. The van der Waals surface area contributed by atoms with E-state index in [2.05, 4.69) is 61.7 Å². The average Bonchev–Trinajstić information content (AvgIpc) is 3.64. The number of hydrogen-bond acceptors (Lipinski definition) is 8. The zero-order valence-electron chi connectivity index (χ0n) is 20.1. The quantitative estimate of drug-likeness (QED) is 0.138. The van der Waals surface area contributed by atoms with Gasteiger partial charge < -0.3 is 9.47 Å².